The van der Waals surface area contributed by atoms with E-state index in [2.05, 4.69) is 10.2 Å². The van der Waals surface area contributed by atoms with Gasteiger partial charge in [-0.05, 0) is 54.6 Å². The highest BCUT2D eigenvalue weighted by Crippen LogP contribution is 2.35. The van der Waals surface area contributed by atoms with Crippen molar-refractivity contribution in [2.24, 2.45) is 0 Å². The fourth-order valence-corrected chi connectivity index (χ4v) is 2.94. The van der Waals surface area contributed by atoms with Crippen LogP contribution in [0.3, 0.4) is 0 Å². The van der Waals surface area contributed by atoms with Crippen LogP contribution in [0.1, 0.15) is 16.1 Å². The van der Waals surface area contributed by atoms with E-state index in [1.807, 2.05) is 24.3 Å². The highest BCUT2D eigenvalue weighted by atomic mass is 16.7. The Hall–Kier alpha value is -3.74. The van der Waals surface area contributed by atoms with Gasteiger partial charge in [0, 0.05) is 11.1 Å². The Morgan fingerprint density at radius 1 is 0.889 bits per heavy atom. The first-order chi connectivity index (χ1) is 13.3. The number of carbonyl (C=O) groups is 1. The van der Waals surface area contributed by atoms with Gasteiger partial charge in [0.25, 0.3) is 0 Å². The van der Waals surface area contributed by atoms with Crippen LogP contribution in [0, 0.1) is 0 Å². The standard InChI is InChI=1S/C20H14N2O5/c23-16(13-2-6-18-20(8-13)27-11-25-18)4-3-14-9-15(22-21-14)12-1-5-17-19(7-12)26-10-24-17/h1-9H,10-11H2,(H,21,22)/b4-3+. The van der Waals surface area contributed by atoms with Gasteiger partial charge in [-0.3, -0.25) is 9.89 Å². The van der Waals surface area contributed by atoms with Crippen LogP contribution in [0.15, 0.2) is 48.5 Å². The van der Waals surface area contributed by atoms with Crippen LogP contribution in [-0.2, 0) is 0 Å². The Kier molecular flexibility index (Phi) is 3.57. The zero-order valence-electron chi connectivity index (χ0n) is 14.1. The van der Waals surface area contributed by atoms with Crippen molar-refractivity contribution in [1.82, 2.24) is 10.2 Å². The predicted octanol–water partition coefficient (Wildman–Crippen LogP) is 3.43. The van der Waals surface area contributed by atoms with Gasteiger partial charge in [-0.15, -0.1) is 0 Å². The third-order valence-corrected chi connectivity index (χ3v) is 4.34. The maximum atomic E-state index is 12.4. The molecule has 0 saturated heterocycles. The summed E-state index contributed by atoms with van der Waals surface area (Å²) in [5.41, 5.74) is 2.91. The first kappa shape index (κ1) is 15.5. The largest absolute Gasteiger partial charge is 0.454 e. The second-order valence-electron chi connectivity index (χ2n) is 6.04. The number of fused-ring (bicyclic) bond motifs is 2. The van der Waals surface area contributed by atoms with Gasteiger partial charge < -0.3 is 18.9 Å². The molecule has 3 aromatic rings. The van der Waals surface area contributed by atoms with Crippen molar-refractivity contribution < 1.29 is 23.7 Å². The summed E-state index contributed by atoms with van der Waals surface area (Å²) in [6, 6.07) is 12.6. The van der Waals surface area contributed by atoms with Crippen molar-refractivity contribution in [3.63, 3.8) is 0 Å². The Morgan fingerprint density at radius 2 is 1.59 bits per heavy atom. The molecule has 5 rings (SSSR count). The number of H-pyrrole nitrogens is 1. The number of allylic oxidation sites excluding steroid dienone is 1. The van der Waals surface area contributed by atoms with E-state index in [1.54, 1.807) is 24.3 Å². The molecular weight excluding hydrogens is 348 g/mol. The van der Waals surface area contributed by atoms with E-state index >= 15 is 0 Å². The number of rotatable bonds is 4. The Bertz CT molecular complexity index is 1070. The lowest BCUT2D eigenvalue weighted by Gasteiger charge is -1.99. The summed E-state index contributed by atoms with van der Waals surface area (Å²) >= 11 is 0. The van der Waals surface area contributed by atoms with Crippen molar-refractivity contribution in [2.75, 3.05) is 13.6 Å². The topological polar surface area (TPSA) is 82.7 Å². The molecule has 0 atom stereocenters. The number of aromatic amines is 1. The lowest BCUT2D eigenvalue weighted by Crippen LogP contribution is -1.94. The number of hydrogen-bond acceptors (Lipinski definition) is 6. The van der Waals surface area contributed by atoms with E-state index in [-0.39, 0.29) is 19.4 Å². The van der Waals surface area contributed by atoms with E-state index in [0.29, 0.717) is 22.8 Å². The molecule has 0 bridgehead atoms. The molecule has 27 heavy (non-hydrogen) atoms. The second kappa shape index (κ2) is 6.21. The molecule has 7 nitrogen and oxygen atoms in total. The maximum Gasteiger partial charge on any atom is 0.231 e. The molecule has 3 heterocycles. The minimum atomic E-state index is -0.132. The van der Waals surface area contributed by atoms with E-state index in [0.717, 1.165) is 22.7 Å². The maximum absolute atomic E-state index is 12.4. The molecule has 0 amide bonds. The van der Waals surface area contributed by atoms with Crippen molar-refractivity contribution in [2.45, 2.75) is 0 Å². The average Bonchev–Trinajstić information content (AvgIpc) is 3.44. The summed E-state index contributed by atoms with van der Waals surface area (Å²) in [4.78, 5) is 12.4. The molecule has 7 heteroatoms. The van der Waals surface area contributed by atoms with E-state index in [4.69, 9.17) is 18.9 Å². The molecule has 2 aliphatic heterocycles. The third kappa shape index (κ3) is 2.89. The molecule has 0 saturated carbocycles. The summed E-state index contributed by atoms with van der Waals surface area (Å²) in [6.07, 6.45) is 3.19. The van der Waals surface area contributed by atoms with Gasteiger partial charge in [-0.2, -0.15) is 5.10 Å². The van der Waals surface area contributed by atoms with Crippen LogP contribution in [0.25, 0.3) is 17.3 Å². The molecule has 1 N–H and O–H groups in total. The van der Waals surface area contributed by atoms with Gasteiger partial charge in [0.1, 0.15) is 0 Å². The van der Waals surface area contributed by atoms with Gasteiger partial charge in [0.2, 0.25) is 13.6 Å². The van der Waals surface area contributed by atoms with Gasteiger partial charge in [-0.1, -0.05) is 0 Å². The summed E-state index contributed by atoms with van der Waals surface area (Å²) in [5.74, 6) is 2.53. The Morgan fingerprint density at radius 3 is 2.41 bits per heavy atom. The van der Waals surface area contributed by atoms with Gasteiger partial charge >= 0.3 is 0 Å². The van der Waals surface area contributed by atoms with Gasteiger partial charge in [-0.25, -0.2) is 0 Å². The molecular formula is C20H14N2O5. The van der Waals surface area contributed by atoms with Crippen LogP contribution in [0.2, 0.25) is 0 Å². The monoisotopic (exact) mass is 362 g/mol. The van der Waals surface area contributed by atoms with Crippen LogP contribution >= 0.6 is 0 Å². The minimum Gasteiger partial charge on any atom is -0.454 e. The number of hydrogen-bond donors (Lipinski definition) is 1. The third-order valence-electron chi connectivity index (χ3n) is 4.34. The fraction of sp³-hybridized carbons (Fsp3) is 0.100. The van der Waals surface area contributed by atoms with Crippen LogP contribution in [0.4, 0.5) is 0 Å². The number of ketones is 1. The quantitative estimate of drug-likeness (QED) is 0.566. The molecule has 0 fully saturated rings. The van der Waals surface area contributed by atoms with Gasteiger partial charge in [0.15, 0.2) is 28.8 Å². The van der Waals surface area contributed by atoms with Crippen molar-refractivity contribution in [3.8, 4) is 34.3 Å². The Balaban J connectivity index is 1.33. The highest BCUT2D eigenvalue weighted by molar-refractivity contribution is 6.07. The SMILES string of the molecule is O=C(/C=C/c1cc(-c2ccc3c(c2)OCO3)n[nH]1)c1ccc2c(c1)OCO2. The number of nitrogens with zero attached hydrogens (tertiary/aromatic N) is 1. The van der Waals surface area contributed by atoms with Gasteiger partial charge in [0.05, 0.1) is 11.4 Å². The van der Waals surface area contributed by atoms with Crippen LogP contribution in [-0.4, -0.2) is 29.6 Å². The number of benzene rings is 2. The molecule has 134 valence electrons. The van der Waals surface area contributed by atoms with Crippen molar-refractivity contribution in [3.05, 3.63) is 59.8 Å². The summed E-state index contributed by atoms with van der Waals surface area (Å²) in [5, 5.41) is 7.20. The molecule has 2 aliphatic rings. The van der Waals surface area contributed by atoms with Crippen LogP contribution in [0.5, 0.6) is 23.0 Å². The predicted molar refractivity (Wildman–Crippen MR) is 96.1 cm³/mol. The molecule has 1 aromatic heterocycles. The minimum absolute atomic E-state index is 0.132. The van der Waals surface area contributed by atoms with E-state index in [1.165, 1.54) is 6.08 Å². The average molecular weight is 362 g/mol. The number of aromatic nitrogens is 2. The summed E-state index contributed by atoms with van der Waals surface area (Å²) in [7, 11) is 0. The van der Waals surface area contributed by atoms with Crippen molar-refractivity contribution in [1.29, 1.82) is 0 Å². The molecule has 0 radical (unpaired) electrons. The Labute approximate surface area is 154 Å². The zero-order chi connectivity index (χ0) is 18.2. The van der Waals surface area contributed by atoms with E-state index < -0.39 is 0 Å². The zero-order valence-corrected chi connectivity index (χ0v) is 14.1. The smallest absolute Gasteiger partial charge is 0.231 e. The second-order valence-corrected chi connectivity index (χ2v) is 6.04. The first-order valence-electron chi connectivity index (χ1n) is 8.34. The molecule has 0 unspecified atom stereocenters. The fourth-order valence-electron chi connectivity index (χ4n) is 2.94. The number of carbonyl (C=O) groups excluding carboxylic acids is 1. The normalized spacial score (nSPS) is 14.1. The lowest BCUT2D eigenvalue weighted by molar-refractivity contribution is 0.104. The molecule has 0 spiro atoms. The highest BCUT2D eigenvalue weighted by Gasteiger charge is 2.16. The van der Waals surface area contributed by atoms with Crippen molar-refractivity contribution >= 4 is 11.9 Å². The molecule has 2 aromatic carbocycles. The number of ether oxygens (including phenoxy) is 4. The lowest BCUT2D eigenvalue weighted by atomic mass is 10.1. The van der Waals surface area contributed by atoms with Crippen LogP contribution < -0.4 is 18.9 Å². The number of nitrogens with one attached hydrogen (secondary N) is 1. The summed E-state index contributed by atoms with van der Waals surface area (Å²) in [6.45, 7) is 0.412. The van der Waals surface area contributed by atoms with E-state index in [9.17, 15) is 4.79 Å². The first-order valence-corrected chi connectivity index (χ1v) is 8.34. The molecule has 0 aliphatic carbocycles. The summed E-state index contributed by atoms with van der Waals surface area (Å²) < 4.78 is 21.3.